The second-order valence-corrected chi connectivity index (χ2v) is 8.74. The maximum absolute atomic E-state index is 12.5. The van der Waals surface area contributed by atoms with E-state index in [2.05, 4.69) is 14.6 Å². The summed E-state index contributed by atoms with van der Waals surface area (Å²) >= 11 is 0. The second-order valence-electron chi connectivity index (χ2n) is 7.50. The van der Waals surface area contributed by atoms with Crippen molar-refractivity contribution >= 4 is 19.9 Å². The van der Waals surface area contributed by atoms with E-state index in [1.165, 1.54) is 0 Å². The number of rotatable bonds is 8. The number of amides is 1. The fourth-order valence-corrected chi connectivity index (χ4v) is 2.52. The Kier molecular flexibility index (Phi) is 9.08. The summed E-state index contributed by atoms with van der Waals surface area (Å²) in [5.41, 5.74) is -0.275. The van der Waals surface area contributed by atoms with Crippen LogP contribution in [0.2, 0.25) is 0 Å². The highest BCUT2D eigenvalue weighted by atomic mass is 31.2. The van der Waals surface area contributed by atoms with Crippen LogP contribution in [-0.2, 0) is 23.4 Å². The Morgan fingerprint density at radius 1 is 1.08 bits per heavy atom. The second kappa shape index (κ2) is 9.52. The zero-order valence-corrected chi connectivity index (χ0v) is 16.7. The molecule has 2 atom stereocenters. The number of nitrogens with one attached hydrogen (secondary N) is 1. The summed E-state index contributed by atoms with van der Waals surface area (Å²) in [5, 5.41) is 2.33. The summed E-state index contributed by atoms with van der Waals surface area (Å²) < 4.78 is 24.6. The first-order valence-electron chi connectivity index (χ1n) is 7.99. The highest BCUT2D eigenvalue weighted by molar-refractivity contribution is 7.46. The molecule has 0 saturated heterocycles. The van der Waals surface area contributed by atoms with E-state index in [0.29, 0.717) is 0 Å². The van der Waals surface area contributed by atoms with Crippen molar-refractivity contribution in [2.45, 2.75) is 60.6 Å². The molecule has 0 saturated carbocycles. The summed E-state index contributed by atoms with van der Waals surface area (Å²) in [7, 11) is -4.74. The van der Waals surface area contributed by atoms with Gasteiger partial charge in [-0.15, -0.1) is 0 Å². The third-order valence-corrected chi connectivity index (χ3v) is 3.75. The molecule has 0 radical (unpaired) electrons. The molecule has 0 aliphatic rings. The minimum atomic E-state index is -4.74. The van der Waals surface area contributed by atoms with Crippen LogP contribution >= 0.6 is 7.82 Å². The lowest BCUT2D eigenvalue weighted by atomic mass is 9.82. The van der Waals surface area contributed by atoms with E-state index < -0.39 is 32.7 Å². The fourth-order valence-electron chi connectivity index (χ4n) is 2.33. The molecule has 9 nitrogen and oxygen atoms in total. The van der Waals surface area contributed by atoms with Gasteiger partial charge in [-0.05, 0) is 17.3 Å². The molecule has 1 amide bonds. The molecule has 10 heteroatoms. The molecule has 0 aromatic heterocycles. The molecule has 0 heterocycles. The average Bonchev–Trinajstić information content (AvgIpc) is 2.38. The number of carbonyl (C=O) groups excluding carboxylic acids is 2. The van der Waals surface area contributed by atoms with Crippen LogP contribution in [0.15, 0.2) is 0 Å². The Balaban J connectivity index is 4.85. The molecule has 0 aliphatic heterocycles. The van der Waals surface area contributed by atoms with Crippen LogP contribution in [0.4, 0.5) is 4.79 Å². The number of alkyl carbamates (subject to hydrolysis) is 1. The minimum Gasteiger partial charge on any atom is -0.460 e. The predicted octanol–water partition coefficient (Wildman–Crippen LogP) is 2.42. The van der Waals surface area contributed by atoms with Gasteiger partial charge in [0.2, 0.25) is 6.79 Å². The Morgan fingerprint density at radius 3 is 1.96 bits per heavy atom. The first kappa shape index (κ1) is 23.9. The smallest absolute Gasteiger partial charge is 0.460 e. The molecule has 148 valence electrons. The van der Waals surface area contributed by atoms with Gasteiger partial charge < -0.3 is 24.6 Å². The van der Waals surface area contributed by atoms with Crippen molar-refractivity contribution in [3.63, 3.8) is 0 Å². The maximum Gasteiger partial charge on any atom is 0.472 e. The van der Waals surface area contributed by atoms with Crippen molar-refractivity contribution in [1.29, 1.82) is 0 Å². The molecular formula is C15H30NO8P. The van der Waals surface area contributed by atoms with E-state index in [1.807, 2.05) is 34.6 Å². The molecule has 0 aliphatic carbocycles. The molecule has 0 spiro atoms. The molecule has 2 unspecified atom stereocenters. The Hall–Kier alpha value is -1.15. The molecule has 0 aromatic rings. The lowest BCUT2D eigenvalue weighted by Gasteiger charge is -2.35. The van der Waals surface area contributed by atoms with Crippen LogP contribution in [0, 0.1) is 17.3 Å². The molecule has 0 aromatic carbocycles. The molecule has 3 N–H and O–H groups in total. The lowest BCUT2D eigenvalue weighted by molar-refractivity contribution is -0.162. The highest BCUT2D eigenvalue weighted by Crippen LogP contribution is 2.35. The van der Waals surface area contributed by atoms with E-state index in [4.69, 9.17) is 14.5 Å². The van der Waals surface area contributed by atoms with Crippen LogP contribution < -0.4 is 5.32 Å². The van der Waals surface area contributed by atoms with Gasteiger partial charge in [0.25, 0.3) is 0 Å². The number of carbonyl (C=O) groups is 2. The molecule has 0 fully saturated rings. The first-order chi connectivity index (χ1) is 11.1. The van der Waals surface area contributed by atoms with Gasteiger partial charge in [0.1, 0.15) is 12.1 Å². The normalized spacial score (nSPS) is 15.0. The summed E-state index contributed by atoms with van der Waals surface area (Å²) in [4.78, 5) is 41.2. The van der Waals surface area contributed by atoms with Gasteiger partial charge in [0, 0.05) is 0 Å². The van der Waals surface area contributed by atoms with Crippen molar-refractivity contribution in [3.05, 3.63) is 0 Å². The highest BCUT2D eigenvalue weighted by Gasteiger charge is 2.35. The fraction of sp³-hybridized carbons (Fsp3) is 0.867. The van der Waals surface area contributed by atoms with Crippen molar-refractivity contribution in [2.24, 2.45) is 17.3 Å². The Bertz CT molecular complexity index is 494. The summed E-state index contributed by atoms with van der Waals surface area (Å²) in [6.07, 6.45) is -1.39. The van der Waals surface area contributed by atoms with Crippen LogP contribution in [0.5, 0.6) is 0 Å². The zero-order valence-electron chi connectivity index (χ0n) is 15.8. The number of hydrogen-bond donors (Lipinski definition) is 3. The zero-order chi connectivity index (χ0) is 20.0. The van der Waals surface area contributed by atoms with Gasteiger partial charge in [-0.1, -0.05) is 48.5 Å². The molecule has 0 bridgehead atoms. The number of hydrogen-bond acceptors (Lipinski definition) is 6. The topological polar surface area (TPSA) is 131 Å². The van der Waals surface area contributed by atoms with Crippen LogP contribution in [0.1, 0.15) is 48.5 Å². The van der Waals surface area contributed by atoms with Crippen LogP contribution in [0.25, 0.3) is 0 Å². The SMILES string of the molecule is CC(C)C(NC(=O)OCOP(=O)(O)O)C(=O)OC(C(C)C)C(C)(C)C. The Morgan fingerprint density at radius 2 is 1.60 bits per heavy atom. The number of esters is 1. The minimum absolute atomic E-state index is 0.0837. The number of ether oxygens (including phenoxy) is 2. The van der Waals surface area contributed by atoms with Gasteiger partial charge in [-0.25, -0.2) is 18.7 Å². The summed E-state index contributed by atoms with van der Waals surface area (Å²) in [6, 6.07) is -0.967. The van der Waals surface area contributed by atoms with E-state index in [-0.39, 0.29) is 23.4 Å². The first-order valence-corrected chi connectivity index (χ1v) is 9.52. The predicted molar refractivity (Wildman–Crippen MR) is 90.4 cm³/mol. The van der Waals surface area contributed by atoms with E-state index in [1.54, 1.807) is 13.8 Å². The van der Waals surface area contributed by atoms with Gasteiger partial charge in [-0.3, -0.25) is 0 Å². The molecule has 25 heavy (non-hydrogen) atoms. The van der Waals surface area contributed by atoms with Crippen LogP contribution in [0.3, 0.4) is 0 Å². The molecular weight excluding hydrogens is 353 g/mol. The monoisotopic (exact) mass is 383 g/mol. The van der Waals surface area contributed by atoms with Gasteiger partial charge in [0.15, 0.2) is 0 Å². The summed E-state index contributed by atoms with van der Waals surface area (Å²) in [6.45, 7) is 12.2. The van der Waals surface area contributed by atoms with Crippen molar-refractivity contribution < 1.29 is 37.9 Å². The number of phosphoric ester groups is 1. The lowest BCUT2D eigenvalue weighted by Crippen LogP contribution is -2.48. The summed E-state index contributed by atoms with van der Waals surface area (Å²) in [5.74, 6) is -0.799. The average molecular weight is 383 g/mol. The van der Waals surface area contributed by atoms with E-state index >= 15 is 0 Å². The molecule has 0 rings (SSSR count). The Labute approximate surface area is 148 Å². The standard InChI is InChI=1S/C15H30NO8P/c1-9(2)11(16-14(18)22-8-23-25(19,20)21)13(17)24-12(10(3)4)15(5,6)7/h9-12H,8H2,1-7H3,(H,16,18)(H2,19,20,21). The maximum atomic E-state index is 12.5. The van der Waals surface area contributed by atoms with Gasteiger partial charge in [0.05, 0.1) is 0 Å². The van der Waals surface area contributed by atoms with Crippen molar-refractivity contribution in [3.8, 4) is 0 Å². The third kappa shape index (κ3) is 9.79. The van der Waals surface area contributed by atoms with Crippen molar-refractivity contribution in [2.75, 3.05) is 6.79 Å². The van der Waals surface area contributed by atoms with E-state index in [9.17, 15) is 14.2 Å². The third-order valence-electron chi connectivity index (χ3n) is 3.31. The quantitative estimate of drug-likeness (QED) is 0.331. The van der Waals surface area contributed by atoms with Gasteiger partial charge in [-0.2, -0.15) is 0 Å². The number of phosphoric acid groups is 1. The van der Waals surface area contributed by atoms with Gasteiger partial charge >= 0.3 is 19.9 Å². The van der Waals surface area contributed by atoms with E-state index in [0.717, 1.165) is 0 Å². The van der Waals surface area contributed by atoms with Crippen LogP contribution in [-0.4, -0.2) is 40.8 Å². The largest absolute Gasteiger partial charge is 0.472 e. The van der Waals surface area contributed by atoms with Crippen molar-refractivity contribution in [1.82, 2.24) is 5.32 Å².